The summed E-state index contributed by atoms with van der Waals surface area (Å²) in [6, 6.07) is 0. The Morgan fingerprint density at radius 1 is 1.45 bits per heavy atom. The molecule has 0 aromatic heterocycles. The fourth-order valence-corrected chi connectivity index (χ4v) is 0.769. The van der Waals surface area contributed by atoms with Gasteiger partial charge in [0.05, 0.1) is 5.60 Å². The Kier molecular flexibility index (Phi) is 4.69. The molecule has 0 radical (unpaired) electrons. The highest BCUT2D eigenvalue weighted by Gasteiger charge is 2.11. The molecular formula is C9H21NO. The molecule has 0 spiro atoms. The molecule has 0 bridgehead atoms. The van der Waals surface area contributed by atoms with E-state index in [1.54, 1.807) is 0 Å². The van der Waals surface area contributed by atoms with Crippen LogP contribution < -0.4 is 5.32 Å². The van der Waals surface area contributed by atoms with Gasteiger partial charge in [-0.2, -0.15) is 0 Å². The zero-order valence-corrected chi connectivity index (χ0v) is 8.15. The minimum Gasteiger partial charge on any atom is -0.389 e. The van der Waals surface area contributed by atoms with Crippen LogP contribution in [-0.2, 0) is 0 Å². The maximum Gasteiger partial charge on any atom is 0.0715 e. The minimum absolute atomic E-state index is 0.576. The van der Waals surface area contributed by atoms with Gasteiger partial charge in [0.15, 0.2) is 0 Å². The first-order valence-electron chi connectivity index (χ1n) is 4.39. The lowest BCUT2D eigenvalue weighted by Crippen LogP contribution is -2.36. The Labute approximate surface area is 70.0 Å². The Balaban J connectivity index is 3.28. The molecule has 0 aliphatic rings. The lowest BCUT2D eigenvalue weighted by molar-refractivity contribution is 0.0789. The van der Waals surface area contributed by atoms with Crippen molar-refractivity contribution in [1.29, 1.82) is 0 Å². The van der Waals surface area contributed by atoms with Crippen molar-refractivity contribution in [2.75, 3.05) is 13.1 Å². The van der Waals surface area contributed by atoms with E-state index in [0.29, 0.717) is 12.5 Å². The number of rotatable bonds is 5. The van der Waals surface area contributed by atoms with Gasteiger partial charge in [-0.15, -0.1) is 0 Å². The predicted octanol–water partition coefficient (Wildman–Crippen LogP) is 1.39. The van der Waals surface area contributed by atoms with E-state index in [-0.39, 0.29) is 0 Å². The van der Waals surface area contributed by atoms with Crippen LogP contribution in [0.25, 0.3) is 0 Å². The summed E-state index contributed by atoms with van der Waals surface area (Å²) in [7, 11) is 0. The molecule has 0 aromatic rings. The van der Waals surface area contributed by atoms with Crippen LogP contribution in [0.3, 0.4) is 0 Å². The van der Waals surface area contributed by atoms with Crippen LogP contribution in [0.1, 0.15) is 34.1 Å². The molecule has 11 heavy (non-hydrogen) atoms. The van der Waals surface area contributed by atoms with Crippen molar-refractivity contribution in [3.63, 3.8) is 0 Å². The fourth-order valence-electron chi connectivity index (χ4n) is 0.769. The van der Waals surface area contributed by atoms with Crippen molar-refractivity contribution < 1.29 is 5.11 Å². The van der Waals surface area contributed by atoms with E-state index in [0.717, 1.165) is 6.54 Å². The summed E-state index contributed by atoms with van der Waals surface area (Å²) < 4.78 is 0. The molecule has 2 N–H and O–H groups in total. The van der Waals surface area contributed by atoms with E-state index >= 15 is 0 Å². The third kappa shape index (κ3) is 7.82. The molecule has 0 amide bonds. The quantitative estimate of drug-likeness (QED) is 0.635. The van der Waals surface area contributed by atoms with Crippen LogP contribution in [0.5, 0.6) is 0 Å². The van der Waals surface area contributed by atoms with Crippen molar-refractivity contribution in [2.24, 2.45) is 5.92 Å². The van der Waals surface area contributed by atoms with Crippen molar-refractivity contribution in [3.8, 4) is 0 Å². The largest absolute Gasteiger partial charge is 0.389 e. The molecule has 0 heterocycles. The molecule has 0 aromatic carbocycles. The van der Waals surface area contributed by atoms with Crippen LogP contribution in [0.4, 0.5) is 0 Å². The van der Waals surface area contributed by atoms with Crippen molar-refractivity contribution >= 4 is 0 Å². The van der Waals surface area contributed by atoms with Gasteiger partial charge < -0.3 is 10.4 Å². The van der Waals surface area contributed by atoms with Gasteiger partial charge in [-0.3, -0.25) is 0 Å². The molecule has 0 unspecified atom stereocenters. The zero-order valence-electron chi connectivity index (χ0n) is 8.15. The van der Waals surface area contributed by atoms with Crippen LogP contribution in [0.2, 0.25) is 0 Å². The smallest absolute Gasteiger partial charge is 0.0715 e. The Morgan fingerprint density at radius 3 is 2.36 bits per heavy atom. The van der Waals surface area contributed by atoms with Gasteiger partial charge in [0, 0.05) is 6.54 Å². The molecule has 2 heteroatoms. The first kappa shape index (κ1) is 10.9. The van der Waals surface area contributed by atoms with Gasteiger partial charge in [-0.25, -0.2) is 0 Å². The van der Waals surface area contributed by atoms with Gasteiger partial charge in [0.2, 0.25) is 0 Å². The minimum atomic E-state index is -0.576. The van der Waals surface area contributed by atoms with Crippen LogP contribution >= 0.6 is 0 Å². The van der Waals surface area contributed by atoms with Crippen LogP contribution in [0.15, 0.2) is 0 Å². The third-order valence-corrected chi connectivity index (χ3v) is 1.75. The van der Waals surface area contributed by atoms with E-state index < -0.39 is 5.60 Å². The number of hydrogen-bond donors (Lipinski definition) is 2. The molecule has 0 fully saturated rings. The highest BCUT2D eigenvalue weighted by atomic mass is 16.3. The van der Waals surface area contributed by atoms with Crippen LogP contribution in [-0.4, -0.2) is 23.8 Å². The lowest BCUT2D eigenvalue weighted by Gasteiger charge is -2.19. The lowest BCUT2D eigenvalue weighted by atomic mass is 10.1. The Hall–Kier alpha value is -0.0800. The highest BCUT2D eigenvalue weighted by molar-refractivity contribution is 4.68. The second kappa shape index (κ2) is 4.73. The summed E-state index contributed by atoms with van der Waals surface area (Å²) in [5.74, 6) is 0.706. The number of aliphatic hydroxyl groups is 1. The molecule has 0 saturated heterocycles. The van der Waals surface area contributed by atoms with E-state index in [1.807, 2.05) is 13.8 Å². The predicted molar refractivity (Wildman–Crippen MR) is 48.6 cm³/mol. The fraction of sp³-hybridized carbons (Fsp3) is 1.00. The highest BCUT2D eigenvalue weighted by Crippen LogP contribution is 2.00. The van der Waals surface area contributed by atoms with E-state index in [4.69, 9.17) is 0 Å². The topological polar surface area (TPSA) is 32.3 Å². The van der Waals surface area contributed by atoms with E-state index in [9.17, 15) is 5.11 Å². The summed E-state index contributed by atoms with van der Waals surface area (Å²) in [5.41, 5.74) is -0.576. The van der Waals surface area contributed by atoms with E-state index in [1.165, 1.54) is 6.42 Å². The summed E-state index contributed by atoms with van der Waals surface area (Å²) in [6.07, 6.45) is 1.19. The number of hydrogen-bond acceptors (Lipinski definition) is 2. The number of nitrogens with one attached hydrogen (secondary N) is 1. The molecule has 1 atom stereocenters. The monoisotopic (exact) mass is 159 g/mol. The summed E-state index contributed by atoms with van der Waals surface area (Å²) in [6.45, 7) is 9.69. The molecule has 0 aliphatic heterocycles. The standard InChI is InChI=1S/C9H21NO/c1-5-8(2)6-10-7-9(3,4)11/h8,10-11H,5-7H2,1-4H3/t8-/m1/s1. The van der Waals surface area contributed by atoms with Crippen molar-refractivity contribution in [1.82, 2.24) is 5.32 Å². The maximum atomic E-state index is 9.34. The third-order valence-electron chi connectivity index (χ3n) is 1.75. The molecule has 0 rings (SSSR count). The second-order valence-corrected chi connectivity index (χ2v) is 3.96. The Bertz CT molecular complexity index is 96.2. The first-order chi connectivity index (χ1) is 4.95. The van der Waals surface area contributed by atoms with E-state index in [2.05, 4.69) is 19.2 Å². The van der Waals surface area contributed by atoms with Crippen LogP contribution in [0, 0.1) is 5.92 Å². The molecular weight excluding hydrogens is 138 g/mol. The first-order valence-corrected chi connectivity index (χ1v) is 4.39. The normalized spacial score (nSPS) is 15.0. The average molecular weight is 159 g/mol. The molecule has 0 saturated carbocycles. The summed E-state index contributed by atoms with van der Waals surface area (Å²) in [5, 5.41) is 12.6. The molecule has 2 nitrogen and oxygen atoms in total. The van der Waals surface area contributed by atoms with Gasteiger partial charge in [0.25, 0.3) is 0 Å². The molecule has 0 aliphatic carbocycles. The Morgan fingerprint density at radius 2 is 2.00 bits per heavy atom. The SMILES string of the molecule is CC[C@@H](C)CNCC(C)(C)O. The van der Waals surface area contributed by atoms with Gasteiger partial charge >= 0.3 is 0 Å². The summed E-state index contributed by atoms with van der Waals surface area (Å²) in [4.78, 5) is 0. The van der Waals surface area contributed by atoms with Gasteiger partial charge in [-0.05, 0) is 26.3 Å². The second-order valence-electron chi connectivity index (χ2n) is 3.96. The van der Waals surface area contributed by atoms with Gasteiger partial charge in [-0.1, -0.05) is 20.3 Å². The maximum absolute atomic E-state index is 9.34. The average Bonchev–Trinajstić information content (AvgIpc) is 1.85. The molecule has 68 valence electrons. The van der Waals surface area contributed by atoms with Gasteiger partial charge in [0.1, 0.15) is 0 Å². The summed E-state index contributed by atoms with van der Waals surface area (Å²) >= 11 is 0. The van der Waals surface area contributed by atoms with Crippen molar-refractivity contribution in [2.45, 2.75) is 39.7 Å². The zero-order chi connectivity index (χ0) is 8.91. The van der Waals surface area contributed by atoms with Crippen molar-refractivity contribution in [3.05, 3.63) is 0 Å².